The molecule has 3 nitrogen and oxygen atoms in total. The number of rotatable bonds is 3. The Balaban J connectivity index is 1.62. The zero-order valence-electron chi connectivity index (χ0n) is 15.0. The van der Waals surface area contributed by atoms with Crippen LogP contribution in [0.5, 0.6) is 5.75 Å². The highest BCUT2D eigenvalue weighted by molar-refractivity contribution is 5.96. The van der Waals surface area contributed by atoms with Crippen molar-refractivity contribution in [2.45, 2.75) is 19.3 Å². The molecule has 1 aliphatic rings. The molecule has 0 atom stereocenters. The highest BCUT2D eigenvalue weighted by atomic mass is 16.5. The Bertz CT molecular complexity index is 986. The van der Waals surface area contributed by atoms with E-state index in [9.17, 15) is 4.79 Å². The molecule has 0 radical (unpaired) electrons. The number of hydrogen-bond donors (Lipinski definition) is 1. The van der Waals surface area contributed by atoms with Crippen molar-refractivity contribution >= 4 is 17.2 Å². The summed E-state index contributed by atoms with van der Waals surface area (Å²) in [5.41, 5.74) is 10.9. The van der Waals surface area contributed by atoms with Crippen LogP contribution in [0, 0.1) is 0 Å². The summed E-state index contributed by atoms with van der Waals surface area (Å²) >= 11 is 0. The van der Waals surface area contributed by atoms with Gasteiger partial charge in [0.25, 0.3) is 0 Å². The molecule has 0 spiro atoms. The van der Waals surface area contributed by atoms with Gasteiger partial charge in [0, 0.05) is 23.7 Å². The number of carbonyl (C=O) groups is 1. The van der Waals surface area contributed by atoms with Gasteiger partial charge in [-0.2, -0.15) is 0 Å². The minimum atomic E-state index is 0.109. The predicted molar refractivity (Wildman–Crippen MR) is 109 cm³/mol. The van der Waals surface area contributed by atoms with Gasteiger partial charge in [-0.3, -0.25) is 4.79 Å². The predicted octanol–water partition coefficient (Wildman–Crippen LogP) is 5.26. The monoisotopic (exact) mass is 355 g/mol. The Morgan fingerprint density at radius 1 is 0.778 bits per heavy atom. The standard InChI is InChI=1S/C24H21NO2/c25-20-12-8-17(9-13-20)18-10-14-22(15-11-18)27-24-16-21(26)6-3-5-19-4-1-2-7-23(19)24/h1-2,4,7-16H,3,5-6,25H2/b24-16+. The van der Waals surface area contributed by atoms with E-state index in [2.05, 4.69) is 6.07 Å². The average Bonchev–Trinajstić information content (AvgIpc) is 2.68. The van der Waals surface area contributed by atoms with Crippen molar-refractivity contribution < 1.29 is 9.53 Å². The normalized spacial score (nSPS) is 15.9. The lowest BCUT2D eigenvalue weighted by Gasteiger charge is -2.16. The fourth-order valence-electron chi connectivity index (χ4n) is 3.33. The molecule has 3 heteroatoms. The summed E-state index contributed by atoms with van der Waals surface area (Å²) in [5.74, 6) is 1.44. The van der Waals surface area contributed by atoms with E-state index in [0.29, 0.717) is 17.9 Å². The van der Waals surface area contributed by atoms with E-state index < -0.39 is 0 Å². The highest BCUT2D eigenvalue weighted by Crippen LogP contribution is 2.29. The van der Waals surface area contributed by atoms with Gasteiger partial charge in [0.05, 0.1) is 0 Å². The molecular formula is C24H21NO2. The fourth-order valence-corrected chi connectivity index (χ4v) is 3.33. The number of hydrogen-bond acceptors (Lipinski definition) is 3. The maximum atomic E-state index is 12.1. The summed E-state index contributed by atoms with van der Waals surface area (Å²) in [6.45, 7) is 0. The van der Waals surface area contributed by atoms with Gasteiger partial charge in [-0.1, -0.05) is 48.5 Å². The number of anilines is 1. The minimum Gasteiger partial charge on any atom is -0.457 e. The van der Waals surface area contributed by atoms with Crippen molar-refractivity contribution in [2.24, 2.45) is 0 Å². The lowest BCUT2D eigenvalue weighted by Crippen LogP contribution is -2.07. The Hall–Kier alpha value is -3.33. The van der Waals surface area contributed by atoms with Crippen LogP contribution in [-0.2, 0) is 11.2 Å². The molecule has 0 aromatic heterocycles. The molecule has 0 heterocycles. The first-order valence-corrected chi connectivity index (χ1v) is 9.16. The number of ketones is 1. The summed E-state index contributed by atoms with van der Waals surface area (Å²) in [6.07, 6.45) is 3.94. The highest BCUT2D eigenvalue weighted by Gasteiger charge is 2.15. The second kappa shape index (κ2) is 7.50. The molecule has 2 N–H and O–H groups in total. The third kappa shape index (κ3) is 3.93. The largest absolute Gasteiger partial charge is 0.457 e. The molecule has 0 bridgehead atoms. The zero-order valence-corrected chi connectivity index (χ0v) is 15.0. The maximum Gasteiger partial charge on any atom is 0.159 e. The first-order valence-electron chi connectivity index (χ1n) is 9.16. The van der Waals surface area contributed by atoms with Crippen molar-refractivity contribution in [3.63, 3.8) is 0 Å². The number of nitrogen functional groups attached to an aromatic ring is 1. The smallest absolute Gasteiger partial charge is 0.159 e. The molecule has 0 saturated heterocycles. The molecule has 0 unspecified atom stereocenters. The van der Waals surface area contributed by atoms with Crippen LogP contribution >= 0.6 is 0 Å². The van der Waals surface area contributed by atoms with E-state index in [4.69, 9.17) is 10.5 Å². The Kier molecular flexibility index (Phi) is 4.75. The van der Waals surface area contributed by atoms with Gasteiger partial charge in [0.1, 0.15) is 11.5 Å². The van der Waals surface area contributed by atoms with E-state index in [1.807, 2.05) is 66.7 Å². The van der Waals surface area contributed by atoms with Crippen molar-refractivity contribution in [2.75, 3.05) is 5.73 Å². The second-order valence-corrected chi connectivity index (χ2v) is 6.73. The quantitative estimate of drug-likeness (QED) is 0.652. The third-order valence-electron chi connectivity index (χ3n) is 4.77. The molecule has 134 valence electrons. The summed E-state index contributed by atoms with van der Waals surface area (Å²) in [5, 5.41) is 0. The molecule has 1 aliphatic carbocycles. The van der Waals surface area contributed by atoms with Gasteiger partial charge in [-0.15, -0.1) is 0 Å². The van der Waals surface area contributed by atoms with Crippen LogP contribution < -0.4 is 10.5 Å². The average molecular weight is 355 g/mol. The zero-order chi connectivity index (χ0) is 18.6. The summed E-state index contributed by atoms with van der Waals surface area (Å²) in [7, 11) is 0. The van der Waals surface area contributed by atoms with Crippen LogP contribution in [0.25, 0.3) is 16.9 Å². The second-order valence-electron chi connectivity index (χ2n) is 6.73. The van der Waals surface area contributed by atoms with Gasteiger partial charge in [0.15, 0.2) is 5.78 Å². The van der Waals surface area contributed by atoms with Gasteiger partial charge in [0.2, 0.25) is 0 Å². The van der Waals surface area contributed by atoms with E-state index >= 15 is 0 Å². The molecule has 0 aliphatic heterocycles. The number of carbonyl (C=O) groups excluding carboxylic acids is 1. The molecule has 4 rings (SSSR count). The van der Waals surface area contributed by atoms with Crippen LogP contribution in [0.1, 0.15) is 24.0 Å². The lowest BCUT2D eigenvalue weighted by molar-refractivity contribution is -0.114. The van der Waals surface area contributed by atoms with Gasteiger partial charge >= 0.3 is 0 Å². The van der Waals surface area contributed by atoms with Gasteiger partial charge < -0.3 is 10.5 Å². The van der Waals surface area contributed by atoms with Crippen molar-refractivity contribution in [3.05, 3.63) is 90.0 Å². The van der Waals surface area contributed by atoms with E-state index in [1.54, 1.807) is 6.08 Å². The van der Waals surface area contributed by atoms with Crippen molar-refractivity contribution in [1.82, 2.24) is 0 Å². The molecule has 3 aromatic carbocycles. The van der Waals surface area contributed by atoms with Crippen LogP contribution in [0.15, 0.2) is 78.9 Å². The van der Waals surface area contributed by atoms with Gasteiger partial charge in [-0.25, -0.2) is 0 Å². The summed E-state index contributed by atoms with van der Waals surface area (Å²) in [6, 6.07) is 23.8. The van der Waals surface area contributed by atoms with Crippen LogP contribution in [0.4, 0.5) is 5.69 Å². The molecule has 27 heavy (non-hydrogen) atoms. The first-order chi connectivity index (χ1) is 13.2. The number of aryl methyl sites for hydroxylation is 1. The molecule has 0 amide bonds. The minimum absolute atomic E-state index is 0.109. The van der Waals surface area contributed by atoms with E-state index in [0.717, 1.165) is 35.2 Å². The molecule has 0 fully saturated rings. The van der Waals surface area contributed by atoms with Crippen LogP contribution in [-0.4, -0.2) is 5.78 Å². The molecule has 0 saturated carbocycles. The third-order valence-corrected chi connectivity index (χ3v) is 4.77. The topological polar surface area (TPSA) is 52.3 Å². The van der Waals surface area contributed by atoms with E-state index in [1.165, 1.54) is 5.56 Å². The number of benzene rings is 3. The van der Waals surface area contributed by atoms with Crippen molar-refractivity contribution in [3.8, 4) is 16.9 Å². The first kappa shape index (κ1) is 17.1. The summed E-state index contributed by atoms with van der Waals surface area (Å²) in [4.78, 5) is 12.1. The maximum absolute atomic E-state index is 12.1. The molecule has 3 aromatic rings. The number of nitrogens with two attached hydrogens (primary N) is 1. The number of ether oxygens (including phenoxy) is 1. The number of allylic oxidation sites excluding steroid dienone is 1. The summed E-state index contributed by atoms with van der Waals surface area (Å²) < 4.78 is 6.12. The number of fused-ring (bicyclic) bond motifs is 1. The van der Waals surface area contributed by atoms with Crippen LogP contribution in [0.3, 0.4) is 0 Å². The van der Waals surface area contributed by atoms with Crippen molar-refractivity contribution in [1.29, 1.82) is 0 Å². The SMILES string of the molecule is Nc1ccc(-c2ccc(O/C3=C/C(=O)CCCc4ccccc43)cc2)cc1. The lowest BCUT2D eigenvalue weighted by atomic mass is 9.96. The van der Waals surface area contributed by atoms with E-state index in [-0.39, 0.29) is 5.78 Å². The molecular weight excluding hydrogens is 334 g/mol. The fraction of sp³-hybridized carbons (Fsp3) is 0.125. The van der Waals surface area contributed by atoms with Crippen LogP contribution in [0.2, 0.25) is 0 Å². The Morgan fingerprint density at radius 2 is 1.44 bits per heavy atom. The Labute approximate surface area is 159 Å². The Morgan fingerprint density at radius 3 is 2.19 bits per heavy atom. The van der Waals surface area contributed by atoms with Gasteiger partial charge in [-0.05, 0) is 53.8 Å².